The second-order valence-corrected chi connectivity index (χ2v) is 4.32. The lowest BCUT2D eigenvalue weighted by atomic mass is 9.98. The van der Waals surface area contributed by atoms with Gasteiger partial charge in [0.15, 0.2) is 0 Å². The maximum absolute atomic E-state index is 9.05. The van der Waals surface area contributed by atoms with Crippen molar-refractivity contribution in [2.24, 2.45) is 5.92 Å². The summed E-state index contributed by atoms with van der Waals surface area (Å²) < 4.78 is 5.57. The molecule has 1 aliphatic rings. The fraction of sp³-hybridized carbons (Fsp3) is 0.625. The molecule has 1 N–H and O–H groups in total. The van der Waals surface area contributed by atoms with E-state index in [0.717, 1.165) is 38.2 Å². The molecule has 0 radical (unpaired) electrons. The molecule has 1 saturated heterocycles. The van der Waals surface area contributed by atoms with Crippen molar-refractivity contribution in [1.29, 1.82) is 0 Å². The molecule has 0 aliphatic carbocycles. The van der Waals surface area contributed by atoms with Gasteiger partial charge in [-0.05, 0) is 44.0 Å². The van der Waals surface area contributed by atoms with E-state index in [-0.39, 0.29) is 0 Å². The molecule has 0 amide bonds. The van der Waals surface area contributed by atoms with Crippen molar-refractivity contribution in [3.63, 3.8) is 0 Å². The van der Waals surface area contributed by atoms with E-state index in [0.29, 0.717) is 19.1 Å². The molecule has 3 heteroatoms. The Balaban J connectivity index is 0.00000154. The highest BCUT2D eigenvalue weighted by Gasteiger charge is 2.17. The van der Waals surface area contributed by atoms with Crippen LogP contribution in [0.3, 0.4) is 0 Å². The molecule has 19 heavy (non-hydrogen) atoms. The summed E-state index contributed by atoms with van der Waals surface area (Å²) in [5.74, 6) is 1.27. The first-order chi connectivity index (χ1) is 9.30. The molecule has 0 aromatic carbocycles. The van der Waals surface area contributed by atoms with Crippen LogP contribution in [0, 0.1) is 5.92 Å². The van der Waals surface area contributed by atoms with Gasteiger partial charge in [0.25, 0.3) is 0 Å². The zero-order valence-corrected chi connectivity index (χ0v) is 12.5. The SMILES string of the molecule is C=C/C=C(\C=C)OCCN1CCC(CO)CC1.CC. The molecule has 1 fully saturated rings. The van der Waals surface area contributed by atoms with E-state index in [4.69, 9.17) is 9.84 Å². The molecule has 110 valence electrons. The predicted octanol–water partition coefficient (Wildman–Crippen LogP) is 2.99. The highest BCUT2D eigenvalue weighted by atomic mass is 16.5. The maximum atomic E-state index is 9.05. The average Bonchev–Trinajstić information content (AvgIpc) is 2.49. The minimum Gasteiger partial charge on any atom is -0.492 e. The summed E-state index contributed by atoms with van der Waals surface area (Å²) in [5, 5.41) is 9.05. The van der Waals surface area contributed by atoms with Gasteiger partial charge in [-0.2, -0.15) is 0 Å². The Hall–Kier alpha value is -1.06. The number of nitrogens with zero attached hydrogens (tertiary/aromatic N) is 1. The molecule has 1 aliphatic heterocycles. The number of allylic oxidation sites excluding steroid dienone is 3. The largest absolute Gasteiger partial charge is 0.492 e. The number of likely N-dealkylation sites (tertiary alicyclic amines) is 1. The monoisotopic (exact) mass is 267 g/mol. The van der Waals surface area contributed by atoms with Crippen molar-refractivity contribution in [3.8, 4) is 0 Å². The molecular formula is C16H29NO2. The second-order valence-electron chi connectivity index (χ2n) is 4.32. The number of piperidine rings is 1. The molecule has 0 saturated carbocycles. The maximum Gasteiger partial charge on any atom is 0.118 e. The fourth-order valence-corrected chi connectivity index (χ4v) is 1.98. The molecule has 1 heterocycles. The highest BCUT2D eigenvalue weighted by molar-refractivity contribution is 5.14. The van der Waals surface area contributed by atoms with Gasteiger partial charge in [0.05, 0.1) is 0 Å². The Bertz CT molecular complexity index is 266. The number of aliphatic hydroxyl groups is 1. The first-order valence-electron chi connectivity index (χ1n) is 7.21. The molecule has 3 nitrogen and oxygen atoms in total. The molecule has 0 aromatic rings. The minimum atomic E-state index is 0.326. The van der Waals surface area contributed by atoms with E-state index < -0.39 is 0 Å². The van der Waals surface area contributed by atoms with Crippen LogP contribution >= 0.6 is 0 Å². The highest BCUT2D eigenvalue weighted by Crippen LogP contribution is 2.15. The molecule has 0 aromatic heterocycles. The number of ether oxygens (including phenoxy) is 1. The van der Waals surface area contributed by atoms with Gasteiger partial charge in [-0.15, -0.1) is 0 Å². The van der Waals surface area contributed by atoms with Gasteiger partial charge in [-0.25, -0.2) is 0 Å². The summed E-state index contributed by atoms with van der Waals surface area (Å²) in [6, 6.07) is 0. The normalized spacial score (nSPS) is 17.3. The average molecular weight is 267 g/mol. The van der Waals surface area contributed by atoms with Crippen molar-refractivity contribution in [3.05, 3.63) is 37.1 Å². The molecule has 0 atom stereocenters. The van der Waals surface area contributed by atoms with E-state index >= 15 is 0 Å². The van der Waals surface area contributed by atoms with Crippen LogP contribution in [0.1, 0.15) is 26.7 Å². The third-order valence-electron chi connectivity index (χ3n) is 3.12. The van der Waals surface area contributed by atoms with E-state index in [1.54, 1.807) is 12.2 Å². The number of hydrogen-bond donors (Lipinski definition) is 1. The summed E-state index contributed by atoms with van der Waals surface area (Å²) in [7, 11) is 0. The Kier molecular flexibility index (Phi) is 11.3. The molecule has 0 unspecified atom stereocenters. The van der Waals surface area contributed by atoms with Crippen molar-refractivity contribution >= 4 is 0 Å². The summed E-state index contributed by atoms with van der Waals surface area (Å²) in [4.78, 5) is 2.38. The fourth-order valence-electron chi connectivity index (χ4n) is 1.98. The lowest BCUT2D eigenvalue weighted by Gasteiger charge is -2.30. The van der Waals surface area contributed by atoms with E-state index in [9.17, 15) is 0 Å². The van der Waals surface area contributed by atoms with Crippen molar-refractivity contribution in [2.75, 3.05) is 32.8 Å². The Labute approximate surface area is 118 Å². The van der Waals surface area contributed by atoms with Gasteiger partial charge in [0.2, 0.25) is 0 Å². The third kappa shape index (κ3) is 7.85. The van der Waals surface area contributed by atoms with Crippen LogP contribution in [0.4, 0.5) is 0 Å². The van der Waals surface area contributed by atoms with Crippen LogP contribution in [0.15, 0.2) is 37.1 Å². The van der Waals surface area contributed by atoms with E-state index in [2.05, 4.69) is 18.1 Å². The zero-order chi connectivity index (χ0) is 14.5. The summed E-state index contributed by atoms with van der Waals surface area (Å²) in [5.41, 5.74) is 0. The third-order valence-corrected chi connectivity index (χ3v) is 3.12. The van der Waals surface area contributed by atoms with Crippen molar-refractivity contribution in [1.82, 2.24) is 4.90 Å². The van der Waals surface area contributed by atoms with Crippen LogP contribution in [-0.4, -0.2) is 42.9 Å². The lowest BCUT2D eigenvalue weighted by Crippen LogP contribution is -2.36. The Morgan fingerprint density at radius 3 is 2.42 bits per heavy atom. The van der Waals surface area contributed by atoms with E-state index in [1.807, 2.05) is 19.9 Å². The number of rotatable bonds is 7. The van der Waals surface area contributed by atoms with Crippen molar-refractivity contribution in [2.45, 2.75) is 26.7 Å². The lowest BCUT2D eigenvalue weighted by molar-refractivity contribution is 0.106. The summed E-state index contributed by atoms with van der Waals surface area (Å²) in [6.45, 7) is 15.4. The molecule has 1 rings (SSSR count). The predicted molar refractivity (Wildman–Crippen MR) is 82.0 cm³/mol. The molecule has 0 spiro atoms. The summed E-state index contributed by atoms with van der Waals surface area (Å²) >= 11 is 0. The smallest absolute Gasteiger partial charge is 0.118 e. The Morgan fingerprint density at radius 1 is 1.32 bits per heavy atom. The van der Waals surface area contributed by atoms with Gasteiger partial charge in [0.1, 0.15) is 12.4 Å². The molecular weight excluding hydrogens is 238 g/mol. The van der Waals surface area contributed by atoms with Gasteiger partial charge in [0, 0.05) is 13.2 Å². The van der Waals surface area contributed by atoms with Crippen LogP contribution < -0.4 is 0 Å². The topological polar surface area (TPSA) is 32.7 Å². The zero-order valence-electron chi connectivity index (χ0n) is 12.5. The minimum absolute atomic E-state index is 0.326. The van der Waals surface area contributed by atoms with Crippen LogP contribution in [0.25, 0.3) is 0 Å². The van der Waals surface area contributed by atoms with Gasteiger partial charge < -0.3 is 9.84 Å². The van der Waals surface area contributed by atoms with Crippen molar-refractivity contribution < 1.29 is 9.84 Å². The molecule has 0 bridgehead atoms. The van der Waals surface area contributed by atoms with Gasteiger partial charge >= 0.3 is 0 Å². The quantitative estimate of drug-likeness (QED) is 0.568. The first kappa shape index (κ1) is 17.9. The standard InChI is InChI=1S/C14H23NO2.C2H6/c1-3-5-14(4-2)17-11-10-15-8-6-13(12-16)7-9-15;1-2/h3-5,13,16H,1-2,6-12H2;1-2H3/b14-5+;. The number of aliphatic hydroxyl groups excluding tert-OH is 1. The Morgan fingerprint density at radius 2 is 1.95 bits per heavy atom. The van der Waals surface area contributed by atoms with Crippen LogP contribution in [0.5, 0.6) is 0 Å². The van der Waals surface area contributed by atoms with Crippen LogP contribution in [-0.2, 0) is 4.74 Å². The van der Waals surface area contributed by atoms with Crippen LogP contribution in [0.2, 0.25) is 0 Å². The van der Waals surface area contributed by atoms with Gasteiger partial charge in [-0.1, -0.05) is 33.1 Å². The van der Waals surface area contributed by atoms with E-state index in [1.165, 1.54) is 0 Å². The second kappa shape index (κ2) is 12.0. The first-order valence-corrected chi connectivity index (χ1v) is 7.21. The van der Waals surface area contributed by atoms with Gasteiger partial charge in [-0.3, -0.25) is 4.90 Å². The summed E-state index contributed by atoms with van der Waals surface area (Å²) in [6.07, 6.45) is 7.38. The number of hydrogen-bond acceptors (Lipinski definition) is 3.